The molecular weight excluding hydrogens is 316 g/mol. The summed E-state index contributed by atoms with van der Waals surface area (Å²) in [4.78, 5) is 0. The molecule has 0 saturated carbocycles. The highest BCUT2D eigenvalue weighted by Crippen LogP contribution is 2.31. The van der Waals surface area contributed by atoms with Crippen LogP contribution in [0, 0.1) is 5.92 Å². The molecule has 1 aromatic rings. The fourth-order valence-corrected chi connectivity index (χ4v) is 4.32. The van der Waals surface area contributed by atoms with Gasteiger partial charge in [-0.2, -0.15) is 17.0 Å². The van der Waals surface area contributed by atoms with Gasteiger partial charge >= 0.3 is 0 Å². The Morgan fingerprint density at radius 3 is 2.52 bits per heavy atom. The van der Waals surface area contributed by atoms with Crippen molar-refractivity contribution >= 4 is 10.2 Å². The Morgan fingerprint density at radius 2 is 1.83 bits per heavy atom. The summed E-state index contributed by atoms with van der Waals surface area (Å²) >= 11 is 0. The summed E-state index contributed by atoms with van der Waals surface area (Å²) in [6.45, 7) is 4.78. The summed E-state index contributed by atoms with van der Waals surface area (Å²) in [5.74, 6) is 2.01. The van der Waals surface area contributed by atoms with Gasteiger partial charge in [0.05, 0.1) is 0 Å². The minimum Gasteiger partial charge on any atom is -0.486 e. The van der Waals surface area contributed by atoms with Crippen LogP contribution < -0.4 is 9.47 Å². The number of hydrogen-bond donors (Lipinski definition) is 0. The molecule has 1 aromatic carbocycles. The average Bonchev–Trinajstić information content (AvgIpc) is 2.55. The molecule has 7 heteroatoms. The van der Waals surface area contributed by atoms with E-state index in [-0.39, 0.29) is 0 Å². The summed E-state index contributed by atoms with van der Waals surface area (Å²) < 4.78 is 39.4. The summed E-state index contributed by atoms with van der Waals surface area (Å²) in [6.07, 6.45) is 1.86. The van der Waals surface area contributed by atoms with Crippen LogP contribution in [-0.4, -0.2) is 50.4 Å². The van der Waals surface area contributed by atoms with Gasteiger partial charge in [-0.25, -0.2) is 0 Å². The number of hydrogen-bond acceptors (Lipinski definition) is 4. The predicted molar refractivity (Wildman–Crippen MR) is 87.8 cm³/mol. The largest absolute Gasteiger partial charge is 0.486 e. The maximum atomic E-state index is 12.7. The molecule has 1 fully saturated rings. The highest BCUT2D eigenvalue weighted by molar-refractivity contribution is 7.86. The van der Waals surface area contributed by atoms with E-state index in [0.717, 1.165) is 24.2 Å². The van der Waals surface area contributed by atoms with Gasteiger partial charge in [-0.3, -0.25) is 0 Å². The lowest BCUT2D eigenvalue weighted by atomic mass is 10.0. The van der Waals surface area contributed by atoms with Crippen molar-refractivity contribution in [3.05, 3.63) is 23.8 Å². The van der Waals surface area contributed by atoms with Crippen molar-refractivity contribution in [1.29, 1.82) is 0 Å². The molecule has 2 aliphatic rings. The molecule has 0 amide bonds. The van der Waals surface area contributed by atoms with Gasteiger partial charge < -0.3 is 9.47 Å². The standard InChI is InChI=1S/C16H24N2O4S/c1-13-5-7-18(8-6-13)23(19,20)17(2)12-14-3-4-15-16(11-14)22-10-9-21-15/h3-4,11,13H,5-10,12H2,1-2H3. The van der Waals surface area contributed by atoms with Crippen molar-refractivity contribution < 1.29 is 17.9 Å². The maximum Gasteiger partial charge on any atom is 0.282 e. The molecule has 1 saturated heterocycles. The van der Waals surface area contributed by atoms with E-state index in [1.165, 1.54) is 4.31 Å². The van der Waals surface area contributed by atoms with E-state index in [1.54, 1.807) is 11.4 Å². The molecule has 0 atom stereocenters. The Balaban J connectivity index is 1.69. The first-order chi connectivity index (χ1) is 11.0. The SMILES string of the molecule is CC1CCN(S(=O)(=O)N(C)Cc2ccc3c(c2)OCCO3)CC1. The van der Waals surface area contributed by atoms with E-state index < -0.39 is 10.2 Å². The highest BCUT2D eigenvalue weighted by Gasteiger charge is 2.30. The van der Waals surface area contributed by atoms with Gasteiger partial charge in [-0.05, 0) is 36.5 Å². The molecular formula is C16H24N2O4S. The molecule has 0 aliphatic carbocycles. The number of piperidine rings is 1. The van der Waals surface area contributed by atoms with Crippen LogP contribution >= 0.6 is 0 Å². The lowest BCUT2D eigenvalue weighted by molar-refractivity contribution is 0.171. The number of nitrogens with zero attached hydrogens (tertiary/aromatic N) is 2. The van der Waals surface area contributed by atoms with Crippen LogP contribution in [0.2, 0.25) is 0 Å². The zero-order chi connectivity index (χ0) is 16.4. The van der Waals surface area contributed by atoms with Crippen LogP contribution in [-0.2, 0) is 16.8 Å². The van der Waals surface area contributed by atoms with Crippen LogP contribution in [0.4, 0.5) is 0 Å². The van der Waals surface area contributed by atoms with E-state index in [4.69, 9.17) is 9.47 Å². The average molecular weight is 340 g/mol. The first-order valence-electron chi connectivity index (χ1n) is 8.07. The fourth-order valence-electron chi connectivity index (χ4n) is 2.94. The topological polar surface area (TPSA) is 59.1 Å². The molecule has 128 valence electrons. The third kappa shape index (κ3) is 3.62. The molecule has 0 spiro atoms. The second-order valence-corrected chi connectivity index (χ2v) is 8.36. The molecule has 0 radical (unpaired) electrons. The van der Waals surface area contributed by atoms with Crippen LogP contribution in [0.25, 0.3) is 0 Å². The summed E-state index contributed by atoms with van der Waals surface area (Å²) in [7, 11) is -1.78. The fraction of sp³-hybridized carbons (Fsp3) is 0.625. The first-order valence-corrected chi connectivity index (χ1v) is 9.46. The Hall–Kier alpha value is -1.31. The monoisotopic (exact) mass is 340 g/mol. The second-order valence-electron chi connectivity index (χ2n) is 6.32. The minimum atomic E-state index is -3.41. The van der Waals surface area contributed by atoms with E-state index in [1.807, 2.05) is 18.2 Å². The summed E-state index contributed by atoms with van der Waals surface area (Å²) in [6, 6.07) is 5.59. The number of rotatable bonds is 4. The van der Waals surface area contributed by atoms with Crippen LogP contribution in [0.3, 0.4) is 0 Å². The van der Waals surface area contributed by atoms with E-state index in [2.05, 4.69) is 6.92 Å². The van der Waals surface area contributed by atoms with Gasteiger partial charge in [0.1, 0.15) is 13.2 Å². The first kappa shape index (κ1) is 16.5. The van der Waals surface area contributed by atoms with Gasteiger partial charge in [0, 0.05) is 26.7 Å². The van der Waals surface area contributed by atoms with Crippen molar-refractivity contribution in [2.45, 2.75) is 26.3 Å². The zero-order valence-corrected chi connectivity index (χ0v) is 14.5. The lowest BCUT2D eigenvalue weighted by Crippen LogP contribution is -2.45. The summed E-state index contributed by atoms with van der Waals surface area (Å²) in [5.41, 5.74) is 0.894. The Bertz CT molecular complexity index is 654. The zero-order valence-electron chi connectivity index (χ0n) is 13.7. The van der Waals surface area contributed by atoms with Gasteiger partial charge in [-0.1, -0.05) is 13.0 Å². The number of ether oxygens (including phenoxy) is 2. The van der Waals surface area contributed by atoms with E-state index >= 15 is 0 Å². The lowest BCUT2D eigenvalue weighted by Gasteiger charge is -2.32. The van der Waals surface area contributed by atoms with Gasteiger partial charge in [0.25, 0.3) is 10.2 Å². The maximum absolute atomic E-state index is 12.7. The van der Waals surface area contributed by atoms with Crippen LogP contribution in [0.1, 0.15) is 25.3 Å². The third-order valence-corrected chi connectivity index (χ3v) is 6.41. The molecule has 2 heterocycles. The second kappa shape index (κ2) is 6.67. The third-order valence-electron chi connectivity index (χ3n) is 4.47. The van der Waals surface area contributed by atoms with Gasteiger partial charge in [0.15, 0.2) is 11.5 Å². The quantitative estimate of drug-likeness (QED) is 0.839. The molecule has 0 bridgehead atoms. The molecule has 23 heavy (non-hydrogen) atoms. The molecule has 2 aliphatic heterocycles. The predicted octanol–water partition coefficient (Wildman–Crippen LogP) is 1.87. The Morgan fingerprint density at radius 1 is 1.17 bits per heavy atom. The van der Waals surface area contributed by atoms with E-state index in [0.29, 0.717) is 44.5 Å². The summed E-state index contributed by atoms with van der Waals surface area (Å²) in [5, 5.41) is 0. The normalized spacial score (nSPS) is 20.0. The molecule has 0 unspecified atom stereocenters. The van der Waals surface area contributed by atoms with Crippen molar-refractivity contribution in [3.63, 3.8) is 0 Å². The van der Waals surface area contributed by atoms with Crippen LogP contribution in [0.15, 0.2) is 18.2 Å². The van der Waals surface area contributed by atoms with Crippen molar-refractivity contribution in [3.8, 4) is 11.5 Å². The molecule has 3 rings (SSSR count). The van der Waals surface area contributed by atoms with Gasteiger partial charge in [0.2, 0.25) is 0 Å². The molecule has 0 N–H and O–H groups in total. The Labute approximate surface area is 138 Å². The van der Waals surface area contributed by atoms with Crippen LogP contribution in [0.5, 0.6) is 11.5 Å². The van der Waals surface area contributed by atoms with E-state index in [9.17, 15) is 8.42 Å². The molecule has 6 nitrogen and oxygen atoms in total. The molecule has 0 aromatic heterocycles. The minimum absolute atomic E-state index is 0.324. The van der Waals surface area contributed by atoms with Crippen molar-refractivity contribution in [2.24, 2.45) is 5.92 Å². The number of fused-ring (bicyclic) bond motifs is 1. The smallest absolute Gasteiger partial charge is 0.282 e. The van der Waals surface area contributed by atoms with Gasteiger partial charge in [-0.15, -0.1) is 0 Å². The van der Waals surface area contributed by atoms with Crippen molar-refractivity contribution in [1.82, 2.24) is 8.61 Å². The number of benzene rings is 1. The Kier molecular flexibility index (Phi) is 4.79. The highest BCUT2D eigenvalue weighted by atomic mass is 32.2. The van der Waals surface area contributed by atoms with Crippen molar-refractivity contribution in [2.75, 3.05) is 33.4 Å².